The summed E-state index contributed by atoms with van der Waals surface area (Å²) in [6.07, 6.45) is 10.5. The van der Waals surface area contributed by atoms with E-state index in [1.165, 1.54) is 43.9 Å². The lowest BCUT2D eigenvalue weighted by atomic mass is 9.97. The molecule has 0 aromatic heterocycles. The topological polar surface area (TPSA) is 52.7 Å². The molecule has 1 aliphatic heterocycles. The van der Waals surface area contributed by atoms with E-state index < -0.39 is 0 Å². The van der Waals surface area contributed by atoms with Crippen LogP contribution in [-0.2, 0) is 9.59 Å². The number of nitrogens with one attached hydrogen (secondary N) is 1. The maximum absolute atomic E-state index is 12.3. The molecule has 1 aromatic carbocycles. The Morgan fingerprint density at radius 2 is 1.81 bits per heavy atom. The van der Waals surface area contributed by atoms with Gasteiger partial charge in [-0.15, -0.1) is 0 Å². The average molecular weight is 370 g/mol. The molecule has 0 radical (unpaired) electrons. The van der Waals surface area contributed by atoms with Gasteiger partial charge in [0.25, 0.3) is 0 Å². The van der Waals surface area contributed by atoms with Crippen molar-refractivity contribution in [2.45, 2.75) is 51.9 Å². The fraction of sp³-hybridized carbons (Fsp3) is 0.545. The summed E-state index contributed by atoms with van der Waals surface area (Å²) in [4.78, 5) is 28.3. The summed E-state index contributed by atoms with van der Waals surface area (Å²) < 4.78 is 0. The molecule has 0 atom stereocenters. The highest BCUT2D eigenvalue weighted by molar-refractivity contribution is 5.97. The largest absolute Gasteiger partial charge is 0.372 e. The summed E-state index contributed by atoms with van der Waals surface area (Å²) in [5, 5.41) is 2.96. The monoisotopic (exact) mass is 369 g/mol. The van der Waals surface area contributed by atoms with Crippen LogP contribution in [0.2, 0.25) is 0 Å². The van der Waals surface area contributed by atoms with E-state index in [0.717, 1.165) is 38.0 Å². The first kappa shape index (κ1) is 19.5. The highest BCUT2D eigenvalue weighted by Gasteiger charge is 2.17. The van der Waals surface area contributed by atoms with E-state index in [-0.39, 0.29) is 18.4 Å². The molecular formula is C22H31N3O2. The Kier molecular flexibility index (Phi) is 6.91. The summed E-state index contributed by atoms with van der Waals surface area (Å²) in [5.74, 6) is -0.223. The van der Waals surface area contributed by atoms with E-state index in [1.807, 2.05) is 24.3 Å². The first-order valence-electron chi connectivity index (χ1n) is 10.2. The Morgan fingerprint density at radius 3 is 2.44 bits per heavy atom. The maximum atomic E-state index is 12.3. The fourth-order valence-electron chi connectivity index (χ4n) is 3.90. The molecule has 1 saturated heterocycles. The van der Waals surface area contributed by atoms with Crippen molar-refractivity contribution in [1.29, 1.82) is 0 Å². The first-order chi connectivity index (χ1) is 13.1. The third kappa shape index (κ3) is 5.59. The smallest absolute Gasteiger partial charge is 0.240 e. The lowest BCUT2D eigenvalue weighted by molar-refractivity contribution is -0.123. The minimum absolute atomic E-state index is 0.0669. The van der Waals surface area contributed by atoms with Gasteiger partial charge in [0.05, 0.1) is 0 Å². The molecule has 1 aliphatic carbocycles. The second-order valence-corrected chi connectivity index (χ2v) is 7.52. The number of rotatable bonds is 7. The van der Waals surface area contributed by atoms with Gasteiger partial charge in [-0.2, -0.15) is 0 Å². The zero-order valence-electron chi connectivity index (χ0n) is 16.4. The van der Waals surface area contributed by atoms with Crippen LogP contribution in [0.25, 0.3) is 0 Å². The van der Waals surface area contributed by atoms with Crippen molar-refractivity contribution in [3.8, 4) is 0 Å². The summed E-state index contributed by atoms with van der Waals surface area (Å²) in [6.45, 7) is 4.40. The first-order valence-corrected chi connectivity index (χ1v) is 10.2. The summed E-state index contributed by atoms with van der Waals surface area (Å²) >= 11 is 0. The highest BCUT2D eigenvalue weighted by atomic mass is 16.2. The quantitative estimate of drug-likeness (QED) is 0.747. The number of allylic oxidation sites excluding steroid dienone is 1. The fourth-order valence-corrected chi connectivity index (χ4v) is 3.90. The van der Waals surface area contributed by atoms with Crippen LogP contribution in [0.1, 0.15) is 51.9 Å². The normalized spacial score (nSPS) is 16.8. The Bertz CT molecular complexity index is 675. The van der Waals surface area contributed by atoms with E-state index in [4.69, 9.17) is 0 Å². The Balaban J connectivity index is 1.52. The van der Waals surface area contributed by atoms with E-state index in [9.17, 15) is 9.59 Å². The molecule has 3 rings (SSSR count). The molecule has 5 nitrogen and oxygen atoms in total. The van der Waals surface area contributed by atoms with Crippen molar-refractivity contribution in [1.82, 2.24) is 5.32 Å². The van der Waals surface area contributed by atoms with Gasteiger partial charge < -0.3 is 15.1 Å². The van der Waals surface area contributed by atoms with Gasteiger partial charge >= 0.3 is 0 Å². The van der Waals surface area contributed by atoms with E-state index in [1.54, 1.807) is 4.90 Å². The van der Waals surface area contributed by atoms with Gasteiger partial charge in [-0.3, -0.25) is 9.59 Å². The molecule has 146 valence electrons. The molecule has 1 N–H and O–H groups in total. The van der Waals surface area contributed by atoms with Gasteiger partial charge in [-0.05, 0) is 69.2 Å². The molecule has 1 heterocycles. The predicted molar refractivity (Wildman–Crippen MR) is 110 cm³/mol. The van der Waals surface area contributed by atoms with Crippen LogP contribution in [0.5, 0.6) is 0 Å². The molecule has 0 saturated carbocycles. The van der Waals surface area contributed by atoms with Crippen LogP contribution in [0.3, 0.4) is 0 Å². The third-order valence-corrected chi connectivity index (χ3v) is 5.47. The second kappa shape index (κ2) is 9.58. The van der Waals surface area contributed by atoms with Gasteiger partial charge in [0, 0.05) is 37.9 Å². The van der Waals surface area contributed by atoms with Gasteiger partial charge in [0.15, 0.2) is 0 Å². The lowest BCUT2D eigenvalue weighted by Gasteiger charge is -2.23. The molecule has 0 spiro atoms. The second-order valence-electron chi connectivity index (χ2n) is 7.52. The van der Waals surface area contributed by atoms with Crippen LogP contribution in [0.4, 0.5) is 11.4 Å². The number of carbonyl (C=O) groups excluding carboxylic acids is 2. The number of anilines is 2. The van der Waals surface area contributed by atoms with Crippen LogP contribution >= 0.6 is 0 Å². The molecule has 0 bridgehead atoms. The highest BCUT2D eigenvalue weighted by Crippen LogP contribution is 2.24. The Morgan fingerprint density at radius 1 is 1.07 bits per heavy atom. The number of carbonyl (C=O) groups is 2. The molecule has 27 heavy (non-hydrogen) atoms. The number of hydrogen-bond donors (Lipinski definition) is 1. The average Bonchev–Trinajstić information content (AvgIpc) is 3.22. The van der Waals surface area contributed by atoms with Crippen molar-refractivity contribution >= 4 is 23.2 Å². The van der Waals surface area contributed by atoms with Crippen LogP contribution in [0.15, 0.2) is 35.9 Å². The molecule has 1 aromatic rings. The Hall–Kier alpha value is -2.30. The molecule has 1 fully saturated rings. The minimum atomic E-state index is -0.117. The van der Waals surface area contributed by atoms with Gasteiger partial charge in [0.2, 0.25) is 11.8 Å². The number of benzene rings is 1. The maximum Gasteiger partial charge on any atom is 0.240 e. The zero-order valence-corrected chi connectivity index (χ0v) is 16.4. The van der Waals surface area contributed by atoms with Crippen LogP contribution in [-0.4, -0.2) is 38.0 Å². The van der Waals surface area contributed by atoms with Crippen molar-refractivity contribution in [3.05, 3.63) is 35.9 Å². The summed E-state index contributed by atoms with van der Waals surface area (Å²) in [7, 11) is 0. The summed E-state index contributed by atoms with van der Waals surface area (Å²) in [6, 6.07) is 7.97. The summed E-state index contributed by atoms with van der Waals surface area (Å²) in [5.41, 5.74) is 3.41. The van der Waals surface area contributed by atoms with E-state index >= 15 is 0 Å². The standard InChI is InChI=1S/C22H31N3O2/c1-18(26)25(17-22(27)23-14-13-19-7-3-2-4-8-19)21-11-9-20(10-12-21)24-15-5-6-16-24/h7,9-12H,2-6,8,13-17H2,1H3,(H,23,27). The number of hydrogen-bond acceptors (Lipinski definition) is 3. The van der Waals surface area contributed by atoms with Crippen molar-refractivity contribution < 1.29 is 9.59 Å². The lowest BCUT2D eigenvalue weighted by Crippen LogP contribution is -2.40. The van der Waals surface area contributed by atoms with Crippen LogP contribution in [0, 0.1) is 0 Å². The zero-order chi connectivity index (χ0) is 19.1. The minimum Gasteiger partial charge on any atom is -0.372 e. The molecule has 2 amide bonds. The van der Waals surface area contributed by atoms with Crippen molar-refractivity contribution in [3.63, 3.8) is 0 Å². The number of amides is 2. The predicted octanol–water partition coefficient (Wildman–Crippen LogP) is 3.65. The molecule has 0 unspecified atom stereocenters. The van der Waals surface area contributed by atoms with Gasteiger partial charge in [-0.1, -0.05) is 11.6 Å². The van der Waals surface area contributed by atoms with Crippen molar-refractivity contribution in [2.24, 2.45) is 0 Å². The van der Waals surface area contributed by atoms with Crippen molar-refractivity contribution in [2.75, 3.05) is 36.0 Å². The Labute approximate surface area is 162 Å². The van der Waals surface area contributed by atoms with E-state index in [2.05, 4.69) is 16.3 Å². The molecule has 2 aliphatic rings. The van der Waals surface area contributed by atoms with E-state index in [0.29, 0.717) is 6.54 Å². The molecular weight excluding hydrogens is 338 g/mol. The number of nitrogens with zero attached hydrogens (tertiary/aromatic N) is 2. The van der Waals surface area contributed by atoms with Crippen LogP contribution < -0.4 is 15.1 Å². The molecule has 5 heteroatoms. The SMILES string of the molecule is CC(=O)N(CC(=O)NCCC1=CCCCC1)c1ccc(N2CCCC2)cc1. The van der Waals surface area contributed by atoms with Gasteiger partial charge in [-0.25, -0.2) is 0 Å². The van der Waals surface area contributed by atoms with Gasteiger partial charge in [0.1, 0.15) is 6.54 Å². The third-order valence-electron chi connectivity index (χ3n) is 5.47.